The van der Waals surface area contributed by atoms with Crippen LogP contribution >= 0.6 is 0 Å². The number of nitrogens with zero attached hydrogens (tertiary/aromatic N) is 2. The van der Waals surface area contributed by atoms with Crippen LogP contribution < -0.4 is 10.1 Å². The number of nitrogens with one attached hydrogen (secondary N) is 1. The molecule has 0 aliphatic heterocycles. The number of para-hydroxylation sites is 2. The molecule has 0 saturated heterocycles. The van der Waals surface area contributed by atoms with Gasteiger partial charge in [0.15, 0.2) is 0 Å². The molecule has 1 atom stereocenters. The van der Waals surface area contributed by atoms with E-state index in [4.69, 9.17) is 0 Å². The Labute approximate surface area is 114 Å². The lowest BCUT2D eigenvalue weighted by Gasteiger charge is -2.15. The van der Waals surface area contributed by atoms with Crippen molar-refractivity contribution in [2.24, 2.45) is 0 Å². The van der Waals surface area contributed by atoms with Crippen molar-refractivity contribution >= 4 is 5.69 Å². The van der Waals surface area contributed by atoms with E-state index in [1.165, 1.54) is 6.07 Å². The molecule has 1 unspecified atom stereocenters. The van der Waals surface area contributed by atoms with Gasteiger partial charge in [0.1, 0.15) is 5.75 Å². The first-order chi connectivity index (χ1) is 9.65. The number of anilines is 1. The van der Waals surface area contributed by atoms with Crippen LogP contribution in [0, 0.1) is 0 Å². The summed E-state index contributed by atoms with van der Waals surface area (Å²) in [4.78, 5) is 0. The molecule has 0 aliphatic rings. The van der Waals surface area contributed by atoms with E-state index in [0.717, 1.165) is 0 Å². The highest BCUT2D eigenvalue weighted by molar-refractivity contribution is 5.56. The maximum absolute atomic E-state index is 12.2. The summed E-state index contributed by atoms with van der Waals surface area (Å²) in [7, 11) is 0. The minimum absolute atomic E-state index is 0.0498. The number of benzene rings is 1. The number of ether oxygens (including phenoxy) is 1. The molecule has 5 nitrogen and oxygen atoms in total. The molecule has 1 heterocycles. The zero-order valence-electron chi connectivity index (χ0n) is 10.6. The van der Waals surface area contributed by atoms with Crippen molar-refractivity contribution in [2.45, 2.75) is 19.3 Å². The highest BCUT2D eigenvalue weighted by Gasteiger charge is 2.10. The predicted octanol–water partition coefficient (Wildman–Crippen LogP) is 1.96. The highest BCUT2D eigenvalue weighted by Crippen LogP contribution is 2.25. The van der Waals surface area contributed by atoms with Crippen molar-refractivity contribution in [1.29, 1.82) is 0 Å². The second-order valence-electron chi connectivity index (χ2n) is 4.14. The summed E-state index contributed by atoms with van der Waals surface area (Å²) in [5.74, 6) is 0.0498. The van der Waals surface area contributed by atoms with Gasteiger partial charge >= 0.3 is 6.61 Å². The van der Waals surface area contributed by atoms with E-state index in [0.29, 0.717) is 12.2 Å². The molecule has 7 heteroatoms. The summed E-state index contributed by atoms with van der Waals surface area (Å²) in [5, 5.41) is 16.7. The van der Waals surface area contributed by atoms with E-state index in [9.17, 15) is 13.9 Å². The normalized spacial score (nSPS) is 12.4. The number of hydrogen-bond acceptors (Lipinski definition) is 4. The van der Waals surface area contributed by atoms with E-state index < -0.39 is 12.7 Å². The van der Waals surface area contributed by atoms with Crippen LogP contribution in [-0.4, -0.2) is 34.1 Å². The minimum atomic E-state index is -2.88. The average Bonchev–Trinajstić information content (AvgIpc) is 2.90. The third kappa shape index (κ3) is 4.20. The Kier molecular flexibility index (Phi) is 4.89. The standard InChI is InChI=1S/C13H15F2N3O2/c14-13(15)20-12-5-2-1-4-11(12)16-8-10(19)9-18-7-3-6-17-18/h1-7,10,13,16,19H,8-9H2. The van der Waals surface area contributed by atoms with E-state index >= 15 is 0 Å². The third-order valence-electron chi connectivity index (χ3n) is 2.59. The maximum Gasteiger partial charge on any atom is 0.387 e. The molecule has 20 heavy (non-hydrogen) atoms. The number of hydrogen-bond donors (Lipinski definition) is 2. The fourth-order valence-corrected chi connectivity index (χ4v) is 1.73. The molecule has 0 saturated carbocycles. The number of halogens is 2. The Morgan fingerprint density at radius 3 is 2.80 bits per heavy atom. The molecule has 108 valence electrons. The molecular weight excluding hydrogens is 268 g/mol. The molecule has 2 N–H and O–H groups in total. The van der Waals surface area contributed by atoms with Crippen LogP contribution in [0.3, 0.4) is 0 Å². The van der Waals surface area contributed by atoms with Gasteiger partial charge in [-0.3, -0.25) is 4.68 Å². The zero-order valence-corrected chi connectivity index (χ0v) is 10.6. The van der Waals surface area contributed by atoms with E-state index in [1.807, 2.05) is 0 Å². The molecule has 0 bridgehead atoms. The number of alkyl halides is 2. The van der Waals surface area contributed by atoms with E-state index in [1.54, 1.807) is 41.3 Å². The Bertz CT molecular complexity index is 520. The van der Waals surface area contributed by atoms with Gasteiger partial charge in [0.2, 0.25) is 0 Å². The Hall–Kier alpha value is -2.15. The topological polar surface area (TPSA) is 59.3 Å². The Morgan fingerprint density at radius 1 is 1.30 bits per heavy atom. The summed E-state index contributed by atoms with van der Waals surface area (Å²) in [6, 6.07) is 8.10. The zero-order chi connectivity index (χ0) is 14.4. The first-order valence-corrected chi connectivity index (χ1v) is 6.08. The molecule has 2 aromatic rings. The van der Waals surface area contributed by atoms with Gasteiger partial charge in [0.25, 0.3) is 0 Å². The van der Waals surface area contributed by atoms with E-state index in [2.05, 4.69) is 15.2 Å². The molecule has 0 amide bonds. The van der Waals surface area contributed by atoms with E-state index in [-0.39, 0.29) is 12.3 Å². The Balaban J connectivity index is 1.90. The minimum Gasteiger partial charge on any atom is -0.433 e. The predicted molar refractivity (Wildman–Crippen MR) is 69.8 cm³/mol. The fraction of sp³-hybridized carbons (Fsp3) is 0.308. The first-order valence-electron chi connectivity index (χ1n) is 6.08. The molecule has 2 rings (SSSR count). The third-order valence-corrected chi connectivity index (χ3v) is 2.59. The van der Waals surface area contributed by atoms with Crippen molar-refractivity contribution in [3.05, 3.63) is 42.7 Å². The second-order valence-corrected chi connectivity index (χ2v) is 4.14. The lowest BCUT2D eigenvalue weighted by Crippen LogP contribution is -2.25. The molecular formula is C13H15F2N3O2. The summed E-state index contributed by atoms with van der Waals surface area (Å²) in [6.07, 6.45) is 2.65. The lowest BCUT2D eigenvalue weighted by atomic mass is 10.2. The largest absolute Gasteiger partial charge is 0.433 e. The highest BCUT2D eigenvalue weighted by atomic mass is 19.3. The summed E-state index contributed by atoms with van der Waals surface area (Å²) in [5.41, 5.74) is 0.410. The van der Waals surface area contributed by atoms with Gasteiger partial charge in [-0.15, -0.1) is 0 Å². The van der Waals surface area contributed by atoms with Gasteiger partial charge in [-0.25, -0.2) is 0 Å². The van der Waals surface area contributed by atoms with Gasteiger partial charge in [0, 0.05) is 18.9 Å². The van der Waals surface area contributed by atoms with Gasteiger partial charge < -0.3 is 15.2 Å². The molecule has 0 spiro atoms. The number of aliphatic hydroxyl groups excluding tert-OH is 1. The Morgan fingerprint density at radius 2 is 2.10 bits per heavy atom. The second kappa shape index (κ2) is 6.85. The van der Waals surface area contributed by atoms with Gasteiger partial charge in [-0.05, 0) is 18.2 Å². The van der Waals surface area contributed by atoms with Crippen LogP contribution in [-0.2, 0) is 6.54 Å². The van der Waals surface area contributed by atoms with Crippen molar-refractivity contribution < 1.29 is 18.6 Å². The number of aliphatic hydroxyl groups is 1. The quantitative estimate of drug-likeness (QED) is 0.815. The van der Waals surface area contributed by atoms with Crippen LogP contribution in [0.1, 0.15) is 0 Å². The summed E-state index contributed by atoms with van der Waals surface area (Å²) < 4.78 is 30.5. The molecule has 0 fully saturated rings. The van der Waals surface area contributed by atoms with Crippen molar-refractivity contribution in [1.82, 2.24) is 9.78 Å². The monoisotopic (exact) mass is 283 g/mol. The van der Waals surface area contributed by atoms with Crippen molar-refractivity contribution in [3.63, 3.8) is 0 Å². The van der Waals surface area contributed by atoms with Gasteiger partial charge in [-0.2, -0.15) is 13.9 Å². The molecule has 1 aromatic carbocycles. The smallest absolute Gasteiger partial charge is 0.387 e. The first kappa shape index (κ1) is 14.3. The van der Waals surface area contributed by atoms with Crippen LogP contribution in [0.5, 0.6) is 5.75 Å². The SMILES string of the molecule is OC(CNc1ccccc1OC(F)F)Cn1cccn1. The molecule has 0 aliphatic carbocycles. The van der Waals surface area contributed by atoms with Crippen LogP contribution in [0.25, 0.3) is 0 Å². The lowest BCUT2D eigenvalue weighted by molar-refractivity contribution is -0.0493. The van der Waals surface area contributed by atoms with Crippen LogP contribution in [0.15, 0.2) is 42.7 Å². The number of rotatable bonds is 7. The summed E-state index contributed by atoms with van der Waals surface area (Å²) >= 11 is 0. The van der Waals surface area contributed by atoms with Crippen LogP contribution in [0.4, 0.5) is 14.5 Å². The van der Waals surface area contributed by atoms with Crippen LogP contribution in [0.2, 0.25) is 0 Å². The fourth-order valence-electron chi connectivity index (χ4n) is 1.73. The molecule has 0 radical (unpaired) electrons. The van der Waals surface area contributed by atoms with Gasteiger partial charge in [0.05, 0.1) is 18.3 Å². The maximum atomic E-state index is 12.2. The number of aromatic nitrogens is 2. The summed E-state index contributed by atoms with van der Waals surface area (Å²) in [6.45, 7) is -2.37. The molecule has 1 aromatic heterocycles. The van der Waals surface area contributed by atoms with Gasteiger partial charge in [-0.1, -0.05) is 12.1 Å². The average molecular weight is 283 g/mol. The van der Waals surface area contributed by atoms with Crippen molar-refractivity contribution in [2.75, 3.05) is 11.9 Å². The van der Waals surface area contributed by atoms with Crippen molar-refractivity contribution in [3.8, 4) is 5.75 Å².